The highest BCUT2D eigenvalue weighted by atomic mass is 16.8. The van der Waals surface area contributed by atoms with Crippen LogP contribution in [0.5, 0.6) is 0 Å². The van der Waals surface area contributed by atoms with Crippen LogP contribution in [0.15, 0.2) is 0 Å². The van der Waals surface area contributed by atoms with E-state index in [1.165, 1.54) is 0 Å². The van der Waals surface area contributed by atoms with Gasteiger partial charge < -0.3 is 155 Å². The van der Waals surface area contributed by atoms with Gasteiger partial charge in [0, 0.05) is 13.8 Å². The number of carbonyl (C=O) groups is 2. The van der Waals surface area contributed by atoms with Gasteiger partial charge in [0.05, 0.1) is 39.6 Å². The number of hydrogen-bond acceptors (Lipinski definition) is 31. The number of aliphatic hydroxyl groups is 18. The summed E-state index contributed by atoms with van der Waals surface area (Å²) in [4.78, 5) is 24.8. The van der Waals surface area contributed by atoms with E-state index in [0.29, 0.717) is 0 Å². The maximum atomic E-state index is 12.7. The molecule has 0 unspecified atom stereocenters. The molecule has 6 saturated heterocycles. The summed E-state index contributed by atoms with van der Waals surface area (Å²) < 4.78 is 62.5. The Bertz CT molecular complexity index is 1750. The highest BCUT2D eigenvalue weighted by Gasteiger charge is 2.57. The predicted octanol–water partition coefficient (Wildman–Crippen LogP) is -13.8. The predicted molar refractivity (Wildman–Crippen MR) is 222 cm³/mol. The smallest absolute Gasteiger partial charge is 0.217 e. The molecule has 0 bridgehead atoms. The van der Waals surface area contributed by atoms with Gasteiger partial charge in [0.25, 0.3) is 0 Å². The topological polar surface area (TPSA) is 524 Å². The first kappa shape index (κ1) is 60.0. The lowest BCUT2D eigenvalue weighted by molar-refractivity contribution is -0.388. The number of amides is 2. The lowest BCUT2D eigenvalue weighted by Crippen LogP contribution is -2.70. The van der Waals surface area contributed by atoms with Crippen molar-refractivity contribution in [2.75, 3.05) is 39.6 Å². The molecule has 424 valence electrons. The fraction of sp³-hybridized carbons (Fsp3) is 0.950. The molecule has 20 N–H and O–H groups in total. The first-order valence-electron chi connectivity index (χ1n) is 23.1. The quantitative estimate of drug-likeness (QED) is 0.0606. The summed E-state index contributed by atoms with van der Waals surface area (Å²) in [7, 11) is 0. The highest BCUT2D eigenvalue weighted by Crippen LogP contribution is 2.36. The van der Waals surface area contributed by atoms with Crippen LogP contribution in [0.3, 0.4) is 0 Å². The normalized spacial score (nSPS) is 49.8. The zero-order chi connectivity index (χ0) is 53.9. The summed E-state index contributed by atoms with van der Waals surface area (Å²) in [6, 6.07) is -3.36. The average molecular weight is 1070 g/mol. The van der Waals surface area contributed by atoms with Crippen molar-refractivity contribution in [2.24, 2.45) is 0 Å². The van der Waals surface area contributed by atoms with E-state index in [4.69, 9.17) is 52.1 Å². The maximum absolute atomic E-state index is 12.7. The van der Waals surface area contributed by atoms with E-state index in [2.05, 4.69) is 10.6 Å². The van der Waals surface area contributed by atoms with E-state index in [-0.39, 0.29) is 0 Å². The average Bonchev–Trinajstić information content (AvgIpc) is 3.35. The van der Waals surface area contributed by atoms with E-state index in [0.717, 1.165) is 13.8 Å². The number of aliphatic hydroxyl groups excluding tert-OH is 18. The van der Waals surface area contributed by atoms with Crippen LogP contribution in [0, 0.1) is 0 Å². The van der Waals surface area contributed by atoms with Gasteiger partial charge in [-0.2, -0.15) is 0 Å². The minimum absolute atomic E-state index is 0.730. The van der Waals surface area contributed by atoms with Crippen molar-refractivity contribution in [3.05, 3.63) is 0 Å². The molecule has 0 aromatic heterocycles. The van der Waals surface area contributed by atoms with Crippen LogP contribution in [-0.4, -0.2) is 327 Å². The number of carbonyl (C=O) groups excluding carboxylic acids is 2. The summed E-state index contributed by atoms with van der Waals surface area (Å²) >= 11 is 0. The molecular weight excluding hydrogens is 1000 g/mol. The molecule has 73 heavy (non-hydrogen) atoms. The Morgan fingerprint density at radius 3 is 1.23 bits per heavy atom. The summed E-state index contributed by atoms with van der Waals surface area (Å²) in [6.45, 7) is -3.58. The first-order chi connectivity index (χ1) is 34.5. The second-order valence-electron chi connectivity index (χ2n) is 18.3. The Morgan fingerprint density at radius 1 is 0.356 bits per heavy atom. The van der Waals surface area contributed by atoms with Crippen molar-refractivity contribution in [3.63, 3.8) is 0 Å². The summed E-state index contributed by atoms with van der Waals surface area (Å²) in [6.07, 6.45) is -53.5. The number of hydrogen-bond donors (Lipinski definition) is 20. The molecule has 6 aliphatic rings. The Balaban J connectivity index is 1.26. The van der Waals surface area contributed by atoms with E-state index in [1.54, 1.807) is 0 Å². The largest absolute Gasteiger partial charge is 0.394 e. The van der Waals surface area contributed by atoms with E-state index in [9.17, 15) is 102 Å². The Hall–Kier alpha value is -2.22. The van der Waals surface area contributed by atoms with Crippen LogP contribution in [0.25, 0.3) is 0 Å². The zero-order valence-electron chi connectivity index (χ0n) is 38.9. The molecule has 6 fully saturated rings. The Morgan fingerprint density at radius 2 is 0.726 bits per heavy atom. The van der Waals surface area contributed by atoms with Gasteiger partial charge in [0.2, 0.25) is 11.8 Å². The molecule has 33 heteroatoms. The molecule has 0 spiro atoms. The number of rotatable bonds is 18. The third-order valence-corrected chi connectivity index (χ3v) is 13.2. The van der Waals surface area contributed by atoms with Crippen molar-refractivity contribution >= 4 is 11.8 Å². The van der Waals surface area contributed by atoms with Gasteiger partial charge in [-0.05, 0) is 0 Å². The van der Waals surface area contributed by atoms with Crippen LogP contribution in [0.2, 0.25) is 0 Å². The molecule has 30 atom stereocenters. The summed E-state index contributed by atoms with van der Waals surface area (Å²) in [5.74, 6) is -1.61. The molecule has 6 rings (SSSR count). The molecule has 33 nitrogen and oxygen atoms in total. The number of ether oxygens (including phenoxy) is 11. The standard InChI is InChI=1S/C40H68N2O31/c1-9(48)41-17-23(54)19(50)11(3-43)65-36(17)63-8-16-22(53)34(30(61)40(69-16)71-32-14(6-46)64-35(62)27(58)26(32)57)72-37-18(42-10(2)49)24(55)31(15(7-47)68-37)70-39-29(60)33(21(52)13(5-45)67-39)73-38-28(59)25(56)20(51)12(4-44)66-38/h11-40,43-47,50-62H,3-8H2,1-2H3,(H,41,48)(H,42,49)/t11-,12-,13-,14-,15-,16-,17-,18-,19-,20+,21+,22+,23-,24-,25+,26-,27-,28-,29-,30-,31-,32-,33+,34+,35-,36-,37+,38-,39+,40+/m1/s1. The van der Waals surface area contributed by atoms with Gasteiger partial charge in [-0.1, -0.05) is 0 Å². The van der Waals surface area contributed by atoms with Gasteiger partial charge in [-0.3, -0.25) is 9.59 Å². The lowest BCUT2D eigenvalue weighted by atomic mass is 9.94. The van der Waals surface area contributed by atoms with Crippen molar-refractivity contribution in [1.82, 2.24) is 10.6 Å². The van der Waals surface area contributed by atoms with Crippen LogP contribution in [0.4, 0.5) is 0 Å². The third-order valence-electron chi connectivity index (χ3n) is 13.2. The molecule has 6 aliphatic heterocycles. The third kappa shape index (κ3) is 13.0. The van der Waals surface area contributed by atoms with Crippen LogP contribution < -0.4 is 10.6 Å². The first-order valence-corrected chi connectivity index (χ1v) is 23.1. The number of nitrogens with one attached hydrogen (secondary N) is 2. The monoisotopic (exact) mass is 1070 g/mol. The maximum Gasteiger partial charge on any atom is 0.217 e. The zero-order valence-corrected chi connectivity index (χ0v) is 38.9. The van der Waals surface area contributed by atoms with Gasteiger partial charge in [0.15, 0.2) is 37.7 Å². The van der Waals surface area contributed by atoms with Crippen molar-refractivity contribution in [1.29, 1.82) is 0 Å². The fourth-order valence-electron chi connectivity index (χ4n) is 9.22. The van der Waals surface area contributed by atoms with Gasteiger partial charge in [-0.15, -0.1) is 0 Å². The summed E-state index contributed by atoms with van der Waals surface area (Å²) in [5, 5.41) is 197. The summed E-state index contributed by atoms with van der Waals surface area (Å²) in [5.41, 5.74) is 0. The minimum Gasteiger partial charge on any atom is -0.394 e. The molecule has 0 aromatic rings. The minimum atomic E-state index is -2.25. The molecule has 6 heterocycles. The van der Waals surface area contributed by atoms with Crippen molar-refractivity contribution in [2.45, 2.75) is 198 Å². The van der Waals surface area contributed by atoms with Crippen LogP contribution >= 0.6 is 0 Å². The Labute approximate surface area is 413 Å². The van der Waals surface area contributed by atoms with E-state index < -0.39 is 236 Å². The van der Waals surface area contributed by atoms with Crippen LogP contribution in [0.1, 0.15) is 13.8 Å². The van der Waals surface area contributed by atoms with Crippen LogP contribution in [-0.2, 0) is 61.7 Å². The van der Waals surface area contributed by atoms with Gasteiger partial charge in [-0.25, -0.2) is 0 Å². The second kappa shape index (κ2) is 26.0. The molecule has 2 amide bonds. The van der Waals surface area contributed by atoms with E-state index in [1.807, 2.05) is 0 Å². The highest BCUT2D eigenvalue weighted by molar-refractivity contribution is 5.73. The van der Waals surface area contributed by atoms with Crippen molar-refractivity contribution < 1.29 is 154 Å². The molecule has 0 saturated carbocycles. The lowest BCUT2D eigenvalue weighted by Gasteiger charge is -2.50. The SMILES string of the molecule is CC(=O)N[C@H]1[C@H](O[C@H]2[C@@H](O)[C@@H](CO[C@@H]3O[C@H](CO)[C@@H](O)[C@H](O)[C@H]3NC(C)=O)O[C@@H](O[C@H]3[C@H](O)[C@@H](O)[C@H](O)O[C@@H]3CO)[C@@H]2O)O[C@H](CO)[C@@H](O[C@@H]2O[C@H](CO)[C@H](O)[C@H](O[C@H]3O[C@H](CO)[C@H](O)[C@H](O)[C@H]3O)[C@H]2O)[C@@H]1O. The molecule has 0 aliphatic carbocycles. The van der Waals surface area contributed by atoms with E-state index >= 15 is 0 Å². The Kier molecular flexibility index (Phi) is 21.3. The molecular formula is C40H68N2O31. The second-order valence-corrected chi connectivity index (χ2v) is 18.3. The fourth-order valence-corrected chi connectivity index (χ4v) is 9.22. The molecule has 0 aromatic carbocycles. The van der Waals surface area contributed by atoms with Gasteiger partial charge >= 0.3 is 0 Å². The molecule has 0 radical (unpaired) electrons. The van der Waals surface area contributed by atoms with Gasteiger partial charge in [0.1, 0.15) is 146 Å². The van der Waals surface area contributed by atoms with Crippen molar-refractivity contribution in [3.8, 4) is 0 Å².